The summed E-state index contributed by atoms with van der Waals surface area (Å²) in [6.07, 6.45) is 0.613. The fourth-order valence-corrected chi connectivity index (χ4v) is 1.35. The zero-order valence-corrected chi connectivity index (χ0v) is 9.62. The van der Waals surface area contributed by atoms with Crippen molar-refractivity contribution in [2.75, 3.05) is 27.2 Å². The molecule has 0 heterocycles. The normalized spacial score (nSPS) is 12.2. The molecule has 0 radical (unpaired) electrons. The van der Waals surface area contributed by atoms with E-state index in [1.807, 2.05) is 6.92 Å². The Hall–Kier alpha value is -1.10. The van der Waals surface area contributed by atoms with Gasteiger partial charge in [-0.1, -0.05) is 6.92 Å². The van der Waals surface area contributed by atoms with Gasteiger partial charge in [0, 0.05) is 32.5 Å². The van der Waals surface area contributed by atoms with Gasteiger partial charge in [-0.05, 0) is 13.5 Å². The first-order valence-electron chi connectivity index (χ1n) is 5.10. The Labute approximate surface area is 90.5 Å². The van der Waals surface area contributed by atoms with E-state index in [-0.39, 0.29) is 18.2 Å². The highest BCUT2D eigenvalue weighted by molar-refractivity contribution is 5.78. The first kappa shape index (κ1) is 13.9. The third-order valence-corrected chi connectivity index (χ3v) is 2.19. The Morgan fingerprint density at radius 3 is 2.53 bits per heavy atom. The molecule has 1 atom stereocenters. The lowest BCUT2D eigenvalue weighted by molar-refractivity contribution is -0.138. The number of hydrogen-bond donors (Lipinski definition) is 2. The van der Waals surface area contributed by atoms with Crippen LogP contribution in [0.2, 0.25) is 0 Å². The SMILES string of the molecule is CNCC(C)C(=O)N(C)CCCC(=O)O. The third-order valence-electron chi connectivity index (χ3n) is 2.19. The van der Waals surface area contributed by atoms with Gasteiger partial charge in [0.2, 0.25) is 5.91 Å². The van der Waals surface area contributed by atoms with Crippen LogP contribution in [0.25, 0.3) is 0 Å². The van der Waals surface area contributed by atoms with E-state index in [1.54, 1.807) is 19.0 Å². The van der Waals surface area contributed by atoms with Gasteiger partial charge in [-0.15, -0.1) is 0 Å². The average Bonchev–Trinajstić information content (AvgIpc) is 2.16. The molecule has 88 valence electrons. The summed E-state index contributed by atoms with van der Waals surface area (Å²) < 4.78 is 0. The lowest BCUT2D eigenvalue weighted by Gasteiger charge is -2.20. The fourth-order valence-electron chi connectivity index (χ4n) is 1.35. The quantitative estimate of drug-likeness (QED) is 0.636. The smallest absolute Gasteiger partial charge is 0.303 e. The van der Waals surface area contributed by atoms with Crippen molar-refractivity contribution in [1.29, 1.82) is 0 Å². The maximum Gasteiger partial charge on any atom is 0.303 e. The van der Waals surface area contributed by atoms with E-state index in [0.29, 0.717) is 19.5 Å². The third kappa shape index (κ3) is 6.06. The van der Waals surface area contributed by atoms with Crippen LogP contribution in [0, 0.1) is 5.92 Å². The second-order valence-corrected chi connectivity index (χ2v) is 3.72. The van der Waals surface area contributed by atoms with Crippen LogP contribution in [0.15, 0.2) is 0 Å². The van der Waals surface area contributed by atoms with Gasteiger partial charge in [-0.25, -0.2) is 0 Å². The molecule has 0 rings (SSSR count). The Morgan fingerprint density at radius 1 is 1.47 bits per heavy atom. The zero-order chi connectivity index (χ0) is 11.8. The molecule has 0 fully saturated rings. The Balaban J connectivity index is 3.82. The van der Waals surface area contributed by atoms with Crippen LogP contribution in [0.5, 0.6) is 0 Å². The molecule has 0 aromatic carbocycles. The van der Waals surface area contributed by atoms with Crippen molar-refractivity contribution in [3.8, 4) is 0 Å². The van der Waals surface area contributed by atoms with E-state index in [1.165, 1.54) is 0 Å². The summed E-state index contributed by atoms with van der Waals surface area (Å²) in [5.41, 5.74) is 0. The van der Waals surface area contributed by atoms with E-state index in [0.717, 1.165) is 0 Å². The van der Waals surface area contributed by atoms with Crippen molar-refractivity contribution in [2.24, 2.45) is 5.92 Å². The number of nitrogens with zero attached hydrogens (tertiary/aromatic N) is 1. The second-order valence-electron chi connectivity index (χ2n) is 3.72. The molecule has 1 amide bonds. The molecular formula is C10H20N2O3. The van der Waals surface area contributed by atoms with Crippen molar-refractivity contribution in [1.82, 2.24) is 10.2 Å². The van der Waals surface area contributed by atoms with E-state index in [9.17, 15) is 9.59 Å². The van der Waals surface area contributed by atoms with Gasteiger partial charge in [0.1, 0.15) is 0 Å². The molecule has 0 saturated carbocycles. The van der Waals surface area contributed by atoms with Gasteiger partial charge in [0.25, 0.3) is 0 Å². The Bertz CT molecular complexity index is 219. The van der Waals surface area contributed by atoms with Crippen molar-refractivity contribution in [3.63, 3.8) is 0 Å². The monoisotopic (exact) mass is 216 g/mol. The van der Waals surface area contributed by atoms with Gasteiger partial charge >= 0.3 is 5.97 Å². The number of carbonyl (C=O) groups excluding carboxylic acids is 1. The van der Waals surface area contributed by atoms with Crippen LogP contribution in [0.1, 0.15) is 19.8 Å². The maximum atomic E-state index is 11.6. The largest absolute Gasteiger partial charge is 0.481 e. The van der Waals surface area contributed by atoms with Crippen LogP contribution in [-0.4, -0.2) is 49.1 Å². The highest BCUT2D eigenvalue weighted by atomic mass is 16.4. The van der Waals surface area contributed by atoms with E-state index >= 15 is 0 Å². The average molecular weight is 216 g/mol. The highest BCUT2D eigenvalue weighted by Gasteiger charge is 2.16. The number of rotatable bonds is 7. The number of hydrogen-bond acceptors (Lipinski definition) is 3. The lowest BCUT2D eigenvalue weighted by Crippen LogP contribution is -2.36. The summed E-state index contributed by atoms with van der Waals surface area (Å²) in [6.45, 7) is 2.99. The van der Waals surface area contributed by atoms with Crippen LogP contribution in [-0.2, 0) is 9.59 Å². The van der Waals surface area contributed by atoms with Gasteiger partial charge in [0.05, 0.1) is 0 Å². The number of carbonyl (C=O) groups is 2. The van der Waals surface area contributed by atoms with Gasteiger partial charge < -0.3 is 15.3 Å². The molecule has 0 aromatic rings. The minimum atomic E-state index is -0.820. The predicted molar refractivity (Wildman–Crippen MR) is 57.6 cm³/mol. The standard InChI is InChI=1S/C10H20N2O3/c1-8(7-11-2)10(15)12(3)6-4-5-9(13)14/h8,11H,4-7H2,1-3H3,(H,13,14). The summed E-state index contributed by atoms with van der Waals surface area (Å²) in [6, 6.07) is 0. The molecule has 0 spiro atoms. The van der Waals surface area contributed by atoms with Crippen LogP contribution < -0.4 is 5.32 Å². The summed E-state index contributed by atoms with van der Waals surface area (Å²) in [7, 11) is 3.50. The molecule has 0 aliphatic rings. The lowest BCUT2D eigenvalue weighted by atomic mass is 10.1. The summed E-state index contributed by atoms with van der Waals surface area (Å²) in [4.78, 5) is 23.5. The van der Waals surface area contributed by atoms with Crippen LogP contribution in [0.4, 0.5) is 0 Å². The maximum absolute atomic E-state index is 11.6. The summed E-state index contributed by atoms with van der Waals surface area (Å²) in [5.74, 6) is -0.835. The first-order valence-corrected chi connectivity index (χ1v) is 5.10. The molecule has 0 aromatic heterocycles. The molecular weight excluding hydrogens is 196 g/mol. The van der Waals surface area contributed by atoms with E-state index in [4.69, 9.17) is 5.11 Å². The second kappa shape index (κ2) is 7.23. The van der Waals surface area contributed by atoms with Gasteiger partial charge in [-0.2, -0.15) is 0 Å². The first-order chi connectivity index (χ1) is 6.99. The zero-order valence-electron chi connectivity index (χ0n) is 9.62. The molecule has 0 saturated heterocycles. The predicted octanol–water partition coefficient (Wildman–Crippen LogP) is 0.165. The molecule has 2 N–H and O–H groups in total. The summed E-state index contributed by atoms with van der Waals surface area (Å²) >= 11 is 0. The van der Waals surface area contributed by atoms with E-state index < -0.39 is 5.97 Å². The fraction of sp³-hybridized carbons (Fsp3) is 0.800. The number of carboxylic acid groups (broad SMARTS) is 1. The number of aliphatic carboxylic acids is 1. The topological polar surface area (TPSA) is 69.6 Å². The van der Waals surface area contributed by atoms with Crippen molar-refractivity contribution in [3.05, 3.63) is 0 Å². The van der Waals surface area contributed by atoms with Crippen molar-refractivity contribution in [2.45, 2.75) is 19.8 Å². The summed E-state index contributed by atoms with van der Waals surface area (Å²) in [5, 5.41) is 11.4. The molecule has 1 unspecified atom stereocenters. The molecule has 0 bridgehead atoms. The molecule has 5 heteroatoms. The van der Waals surface area contributed by atoms with Crippen LogP contribution in [0.3, 0.4) is 0 Å². The molecule has 5 nitrogen and oxygen atoms in total. The van der Waals surface area contributed by atoms with Crippen molar-refractivity contribution >= 4 is 11.9 Å². The molecule has 0 aliphatic heterocycles. The minimum absolute atomic E-state index is 0.0507. The number of nitrogens with one attached hydrogen (secondary N) is 1. The van der Waals surface area contributed by atoms with Gasteiger partial charge in [-0.3, -0.25) is 9.59 Å². The van der Waals surface area contributed by atoms with E-state index in [2.05, 4.69) is 5.32 Å². The van der Waals surface area contributed by atoms with Crippen molar-refractivity contribution < 1.29 is 14.7 Å². The Morgan fingerprint density at radius 2 is 2.07 bits per heavy atom. The Kier molecular flexibility index (Phi) is 6.70. The highest BCUT2D eigenvalue weighted by Crippen LogP contribution is 2.01. The number of carboxylic acids is 1. The van der Waals surface area contributed by atoms with Gasteiger partial charge in [0.15, 0.2) is 0 Å². The molecule has 0 aliphatic carbocycles. The number of amides is 1. The minimum Gasteiger partial charge on any atom is -0.481 e. The van der Waals surface area contributed by atoms with Crippen LogP contribution >= 0.6 is 0 Å². The molecule has 15 heavy (non-hydrogen) atoms.